The maximum atomic E-state index is 12.4. The number of benzene rings is 3. The average Bonchev–Trinajstić information content (AvgIpc) is 2.81. The third-order valence-corrected chi connectivity index (χ3v) is 5.98. The molecule has 33 heavy (non-hydrogen) atoms. The van der Waals surface area contributed by atoms with Crippen LogP contribution in [0.5, 0.6) is 0 Å². The van der Waals surface area contributed by atoms with Crippen LogP contribution in [-0.2, 0) is 24.3 Å². The van der Waals surface area contributed by atoms with Crippen LogP contribution in [0.3, 0.4) is 0 Å². The zero-order valence-electron chi connectivity index (χ0n) is 17.4. The summed E-state index contributed by atoms with van der Waals surface area (Å²) < 4.78 is 31.6. The van der Waals surface area contributed by atoms with Crippen molar-refractivity contribution in [1.82, 2.24) is 4.72 Å². The zero-order chi connectivity index (χ0) is 24.0. The largest absolute Gasteiger partial charge is 0.455 e. The number of esters is 1. The van der Waals surface area contributed by atoms with E-state index >= 15 is 0 Å². The van der Waals surface area contributed by atoms with Gasteiger partial charge in [-0.15, -0.1) is 0 Å². The summed E-state index contributed by atoms with van der Waals surface area (Å²) in [6, 6.07) is 16.0. The first kappa shape index (κ1) is 23.6. The molecule has 0 fully saturated rings. The topological polar surface area (TPSA) is 157 Å². The molecule has 0 bridgehead atoms. The molecule has 0 aliphatic rings. The Bertz CT molecular complexity index is 1320. The number of carbonyl (C=O) groups is 2. The highest BCUT2D eigenvalue weighted by molar-refractivity contribution is 7.89. The van der Waals surface area contributed by atoms with Gasteiger partial charge in [0.15, 0.2) is 6.61 Å². The maximum absolute atomic E-state index is 12.4. The summed E-state index contributed by atoms with van der Waals surface area (Å²) in [7, 11) is -2.77. The predicted octanol–water partition coefficient (Wildman–Crippen LogP) is 2.25. The molecule has 3 aromatic rings. The van der Waals surface area contributed by atoms with Gasteiger partial charge in [0.05, 0.1) is 9.82 Å². The number of ether oxygens (including phenoxy) is 1. The number of fused-ring (bicyclic) bond motifs is 1. The van der Waals surface area contributed by atoms with E-state index in [-0.39, 0.29) is 5.69 Å². The van der Waals surface area contributed by atoms with Crippen molar-refractivity contribution >= 4 is 49.7 Å². The lowest BCUT2D eigenvalue weighted by Gasteiger charge is -2.10. The second kappa shape index (κ2) is 10.1. The lowest BCUT2D eigenvalue weighted by atomic mass is 10.1. The lowest BCUT2D eigenvalue weighted by molar-refractivity contribution is -0.384. The third-order valence-electron chi connectivity index (χ3n) is 4.58. The molecule has 12 heteroatoms. The van der Waals surface area contributed by atoms with Crippen LogP contribution < -0.4 is 15.4 Å². The quantitative estimate of drug-likeness (QED) is 0.243. The fourth-order valence-corrected chi connectivity index (χ4v) is 3.98. The number of hydrogen-bond donors (Lipinski definition) is 3. The highest BCUT2D eigenvalue weighted by Crippen LogP contribution is 2.27. The van der Waals surface area contributed by atoms with Crippen molar-refractivity contribution < 1.29 is 27.7 Å². The van der Waals surface area contributed by atoms with Crippen molar-refractivity contribution in [2.45, 2.75) is 4.90 Å². The Hall–Kier alpha value is -4.03. The molecule has 0 saturated heterocycles. The second-order valence-corrected chi connectivity index (χ2v) is 8.51. The Morgan fingerprint density at radius 1 is 1.03 bits per heavy atom. The Balaban J connectivity index is 1.56. The molecule has 0 spiro atoms. The molecule has 0 saturated carbocycles. The first-order chi connectivity index (χ1) is 15.7. The van der Waals surface area contributed by atoms with Gasteiger partial charge in [-0.2, -0.15) is 4.72 Å². The van der Waals surface area contributed by atoms with E-state index in [0.717, 1.165) is 22.9 Å². The summed E-state index contributed by atoms with van der Waals surface area (Å²) in [4.78, 5) is 34.1. The summed E-state index contributed by atoms with van der Waals surface area (Å²) in [6.07, 6.45) is 0. The van der Waals surface area contributed by atoms with E-state index in [9.17, 15) is 28.1 Å². The molecule has 0 atom stereocenters. The van der Waals surface area contributed by atoms with Crippen LogP contribution in [-0.4, -0.2) is 45.4 Å². The van der Waals surface area contributed by atoms with Gasteiger partial charge in [-0.1, -0.05) is 36.4 Å². The van der Waals surface area contributed by atoms with Crippen molar-refractivity contribution in [2.24, 2.45) is 0 Å². The van der Waals surface area contributed by atoms with Gasteiger partial charge >= 0.3 is 5.97 Å². The lowest BCUT2D eigenvalue weighted by Crippen LogP contribution is -2.32. The van der Waals surface area contributed by atoms with E-state index in [4.69, 9.17) is 4.74 Å². The van der Waals surface area contributed by atoms with Crippen LogP contribution in [0.2, 0.25) is 0 Å². The molecule has 0 heterocycles. The van der Waals surface area contributed by atoms with Crippen molar-refractivity contribution in [3.63, 3.8) is 0 Å². The number of anilines is 2. The molecule has 0 aromatic heterocycles. The van der Waals surface area contributed by atoms with Gasteiger partial charge in [0.25, 0.3) is 11.6 Å². The van der Waals surface area contributed by atoms with Gasteiger partial charge in [-0.25, -0.2) is 8.42 Å². The first-order valence-corrected chi connectivity index (χ1v) is 11.1. The van der Waals surface area contributed by atoms with Crippen LogP contribution in [0.15, 0.2) is 65.6 Å². The predicted molar refractivity (Wildman–Crippen MR) is 121 cm³/mol. The number of carbonyl (C=O) groups excluding carboxylic acids is 2. The summed E-state index contributed by atoms with van der Waals surface area (Å²) >= 11 is 0. The number of amides is 1. The number of nitrogens with zero attached hydrogens (tertiary/aromatic N) is 1. The smallest absolute Gasteiger partial charge is 0.321 e. The molecular weight excluding hydrogens is 452 g/mol. The summed E-state index contributed by atoms with van der Waals surface area (Å²) in [6.45, 7) is -1.38. The van der Waals surface area contributed by atoms with Crippen molar-refractivity contribution in [1.29, 1.82) is 0 Å². The minimum atomic E-state index is -4.23. The molecule has 3 aromatic carbocycles. The number of nitro groups is 1. The van der Waals surface area contributed by atoms with Gasteiger partial charge in [-0.05, 0) is 23.6 Å². The van der Waals surface area contributed by atoms with Crippen molar-refractivity contribution in [3.05, 3.63) is 70.8 Å². The molecule has 11 nitrogen and oxygen atoms in total. The van der Waals surface area contributed by atoms with E-state index in [1.165, 1.54) is 13.1 Å². The molecule has 0 radical (unpaired) electrons. The second-order valence-electron chi connectivity index (χ2n) is 6.75. The Kier molecular flexibility index (Phi) is 7.20. The summed E-state index contributed by atoms with van der Waals surface area (Å²) in [5.74, 6) is -1.59. The fourth-order valence-electron chi connectivity index (χ4n) is 3.00. The third kappa shape index (κ3) is 5.81. The van der Waals surface area contributed by atoms with Crippen LogP contribution in [0, 0.1) is 10.1 Å². The van der Waals surface area contributed by atoms with E-state index < -0.39 is 50.6 Å². The van der Waals surface area contributed by atoms with Crippen molar-refractivity contribution in [3.8, 4) is 0 Å². The van der Waals surface area contributed by atoms with Crippen LogP contribution >= 0.6 is 0 Å². The van der Waals surface area contributed by atoms with Gasteiger partial charge in [0, 0.05) is 24.2 Å². The zero-order valence-corrected chi connectivity index (χ0v) is 18.2. The monoisotopic (exact) mass is 472 g/mol. The van der Waals surface area contributed by atoms with Gasteiger partial charge < -0.3 is 15.4 Å². The number of rotatable bonds is 9. The standard InChI is InChI=1S/C21H20N4O7S/c1-22-18-10-9-15(11-19(18)25(28)29)33(30,31)23-12-21(27)32-13-20(26)24-17-8-4-6-14-5-2-3-7-16(14)17/h2-11,22-23H,12-13H2,1H3,(H,24,26). The van der Waals surface area contributed by atoms with E-state index in [1.807, 2.05) is 35.1 Å². The minimum absolute atomic E-state index is 0.135. The molecule has 0 aliphatic heterocycles. The summed E-state index contributed by atoms with van der Waals surface area (Å²) in [5, 5.41) is 18.1. The van der Waals surface area contributed by atoms with Crippen LogP contribution in [0.4, 0.5) is 17.1 Å². The Morgan fingerprint density at radius 3 is 2.48 bits per heavy atom. The number of sulfonamides is 1. The summed E-state index contributed by atoms with van der Waals surface area (Å²) in [5.41, 5.74) is 0.241. The molecule has 1 amide bonds. The average molecular weight is 472 g/mol. The van der Waals surface area contributed by atoms with Crippen LogP contribution in [0.25, 0.3) is 10.8 Å². The van der Waals surface area contributed by atoms with Crippen molar-refractivity contribution in [2.75, 3.05) is 30.8 Å². The highest BCUT2D eigenvalue weighted by atomic mass is 32.2. The van der Waals surface area contributed by atoms with Crippen LogP contribution in [0.1, 0.15) is 0 Å². The molecule has 0 aliphatic carbocycles. The number of hydrogen-bond acceptors (Lipinski definition) is 8. The van der Waals surface area contributed by atoms with Gasteiger partial charge in [-0.3, -0.25) is 19.7 Å². The normalized spacial score (nSPS) is 11.1. The SMILES string of the molecule is CNc1ccc(S(=O)(=O)NCC(=O)OCC(=O)Nc2cccc3ccccc23)cc1[N+](=O)[O-]. The van der Waals surface area contributed by atoms with Gasteiger partial charge in [0.1, 0.15) is 12.2 Å². The number of nitrogens with one attached hydrogen (secondary N) is 3. The maximum Gasteiger partial charge on any atom is 0.321 e. The molecule has 3 N–H and O–H groups in total. The van der Waals surface area contributed by atoms with E-state index in [2.05, 4.69) is 10.6 Å². The fraction of sp³-hybridized carbons (Fsp3) is 0.143. The van der Waals surface area contributed by atoms with Gasteiger partial charge in [0.2, 0.25) is 10.0 Å². The minimum Gasteiger partial charge on any atom is -0.455 e. The molecule has 3 rings (SSSR count). The first-order valence-electron chi connectivity index (χ1n) is 9.60. The molecule has 172 valence electrons. The Morgan fingerprint density at radius 2 is 1.76 bits per heavy atom. The molecular formula is C21H20N4O7S. The highest BCUT2D eigenvalue weighted by Gasteiger charge is 2.22. The van der Waals surface area contributed by atoms with E-state index in [1.54, 1.807) is 12.1 Å². The Labute approximate surface area is 188 Å². The molecule has 0 unspecified atom stereocenters. The van der Waals surface area contributed by atoms with E-state index in [0.29, 0.717) is 5.69 Å². The number of nitro benzene ring substituents is 1.